The Morgan fingerprint density at radius 2 is 2.00 bits per heavy atom. The maximum atomic E-state index is 13.6. The Kier molecular flexibility index (Phi) is 4.74. The van der Waals surface area contributed by atoms with Gasteiger partial charge in [0, 0.05) is 18.5 Å². The molecule has 1 amide bonds. The summed E-state index contributed by atoms with van der Waals surface area (Å²) in [5, 5.41) is 3.71. The van der Waals surface area contributed by atoms with Crippen molar-refractivity contribution in [3.05, 3.63) is 53.5 Å². The summed E-state index contributed by atoms with van der Waals surface area (Å²) >= 11 is 1.18. The number of nitrogens with zero attached hydrogens (tertiary/aromatic N) is 5. The standard InChI is InChI=1S/C21H19FN6OS/c1-12-15-10-14(22)5-7-16(15)25-21(24-12)28-8-2-3-19(28)20(29)23-11-13-4-6-17-18(9-13)27-30-26-17/h4-7,9-10,19H,2-3,8,11H2,1H3,(H,23,29). The van der Waals surface area contributed by atoms with Gasteiger partial charge in [0.15, 0.2) is 0 Å². The molecule has 0 radical (unpaired) electrons. The zero-order valence-electron chi connectivity index (χ0n) is 16.3. The number of fused-ring (bicyclic) bond motifs is 2. The van der Waals surface area contributed by atoms with Crippen molar-refractivity contribution in [3.63, 3.8) is 0 Å². The number of hydrogen-bond acceptors (Lipinski definition) is 7. The summed E-state index contributed by atoms with van der Waals surface area (Å²) < 4.78 is 22.0. The van der Waals surface area contributed by atoms with Crippen LogP contribution in [-0.4, -0.2) is 37.2 Å². The van der Waals surface area contributed by atoms with Gasteiger partial charge in [0.25, 0.3) is 0 Å². The van der Waals surface area contributed by atoms with Gasteiger partial charge < -0.3 is 10.2 Å². The lowest BCUT2D eigenvalue weighted by atomic mass is 10.1. The van der Waals surface area contributed by atoms with E-state index in [9.17, 15) is 9.18 Å². The predicted molar refractivity (Wildman–Crippen MR) is 114 cm³/mol. The normalized spacial score (nSPS) is 16.5. The molecule has 1 N–H and O–H groups in total. The SMILES string of the molecule is Cc1nc(N2CCCC2C(=O)NCc2ccc3nsnc3c2)nc2ccc(F)cc12. The fraction of sp³-hybridized carbons (Fsp3) is 0.286. The van der Waals surface area contributed by atoms with E-state index in [1.165, 1.54) is 23.9 Å². The van der Waals surface area contributed by atoms with E-state index in [2.05, 4.69) is 24.0 Å². The van der Waals surface area contributed by atoms with Crippen molar-refractivity contribution in [2.45, 2.75) is 32.4 Å². The molecule has 7 nitrogen and oxygen atoms in total. The van der Waals surface area contributed by atoms with Crippen LogP contribution >= 0.6 is 11.7 Å². The van der Waals surface area contributed by atoms with Crippen LogP contribution in [0.25, 0.3) is 21.9 Å². The van der Waals surface area contributed by atoms with Crippen LogP contribution in [0.4, 0.5) is 10.3 Å². The fourth-order valence-corrected chi connectivity index (χ4v) is 4.41. The molecule has 1 fully saturated rings. The largest absolute Gasteiger partial charge is 0.350 e. The van der Waals surface area contributed by atoms with Crippen molar-refractivity contribution in [2.24, 2.45) is 0 Å². The Bertz CT molecular complexity index is 1260. The van der Waals surface area contributed by atoms with Gasteiger partial charge in [-0.3, -0.25) is 4.79 Å². The number of halogens is 1. The molecule has 2 aromatic heterocycles. The first-order chi connectivity index (χ1) is 14.6. The summed E-state index contributed by atoms with van der Waals surface area (Å²) in [6, 6.07) is 9.96. The van der Waals surface area contributed by atoms with Crippen molar-refractivity contribution in [1.82, 2.24) is 24.0 Å². The first-order valence-corrected chi connectivity index (χ1v) is 10.5. The van der Waals surface area contributed by atoms with E-state index >= 15 is 0 Å². The maximum absolute atomic E-state index is 13.6. The van der Waals surface area contributed by atoms with Gasteiger partial charge in [-0.2, -0.15) is 8.75 Å². The molecule has 1 aliphatic rings. The van der Waals surface area contributed by atoms with Gasteiger partial charge in [-0.25, -0.2) is 14.4 Å². The number of benzene rings is 2. The number of carbonyl (C=O) groups is 1. The first kappa shape index (κ1) is 18.8. The van der Waals surface area contributed by atoms with Crippen LogP contribution in [-0.2, 0) is 11.3 Å². The topological polar surface area (TPSA) is 83.9 Å². The van der Waals surface area contributed by atoms with E-state index < -0.39 is 0 Å². The number of hydrogen-bond donors (Lipinski definition) is 1. The van der Waals surface area contributed by atoms with Crippen LogP contribution in [0, 0.1) is 12.7 Å². The summed E-state index contributed by atoms with van der Waals surface area (Å²) in [5.74, 6) is 0.149. The lowest BCUT2D eigenvalue weighted by Gasteiger charge is -2.24. The van der Waals surface area contributed by atoms with Crippen molar-refractivity contribution >= 4 is 45.5 Å². The highest BCUT2D eigenvalue weighted by atomic mass is 32.1. The summed E-state index contributed by atoms with van der Waals surface area (Å²) in [6.45, 7) is 2.97. The molecule has 1 unspecified atom stereocenters. The summed E-state index contributed by atoms with van der Waals surface area (Å²) in [5.41, 5.74) is 4.06. The monoisotopic (exact) mass is 422 g/mol. The molecule has 1 saturated heterocycles. The number of aromatic nitrogens is 4. The molecular weight excluding hydrogens is 403 g/mol. The second-order valence-electron chi connectivity index (χ2n) is 7.43. The molecule has 1 atom stereocenters. The predicted octanol–water partition coefficient (Wildman–Crippen LogP) is 3.37. The highest BCUT2D eigenvalue weighted by Gasteiger charge is 2.32. The van der Waals surface area contributed by atoms with E-state index in [-0.39, 0.29) is 17.8 Å². The Hall–Kier alpha value is -3.20. The van der Waals surface area contributed by atoms with Crippen molar-refractivity contribution in [3.8, 4) is 0 Å². The molecule has 0 saturated carbocycles. The number of amides is 1. The Morgan fingerprint density at radius 3 is 2.90 bits per heavy atom. The molecule has 1 aliphatic heterocycles. The van der Waals surface area contributed by atoms with Crippen LogP contribution in [0.3, 0.4) is 0 Å². The average Bonchev–Trinajstić information content (AvgIpc) is 3.41. The maximum Gasteiger partial charge on any atom is 0.243 e. The number of carbonyl (C=O) groups excluding carboxylic acids is 1. The summed E-state index contributed by atoms with van der Waals surface area (Å²) in [4.78, 5) is 24.0. The zero-order valence-corrected chi connectivity index (χ0v) is 17.1. The Morgan fingerprint density at radius 1 is 1.17 bits per heavy atom. The Labute approximate surface area is 176 Å². The smallest absolute Gasteiger partial charge is 0.243 e. The minimum absolute atomic E-state index is 0.0514. The van der Waals surface area contributed by atoms with Crippen LogP contribution < -0.4 is 10.2 Å². The minimum Gasteiger partial charge on any atom is -0.350 e. The van der Waals surface area contributed by atoms with Crippen molar-refractivity contribution in [1.29, 1.82) is 0 Å². The third-order valence-corrected chi connectivity index (χ3v) is 5.99. The number of rotatable bonds is 4. The van der Waals surface area contributed by atoms with E-state index in [1.54, 1.807) is 6.07 Å². The number of aryl methyl sites for hydroxylation is 1. The minimum atomic E-state index is -0.327. The van der Waals surface area contributed by atoms with E-state index in [0.717, 1.165) is 29.4 Å². The molecule has 4 aromatic rings. The van der Waals surface area contributed by atoms with Crippen LogP contribution in [0.15, 0.2) is 36.4 Å². The molecule has 2 aromatic carbocycles. The van der Waals surface area contributed by atoms with Gasteiger partial charge in [-0.05, 0) is 55.7 Å². The third-order valence-electron chi connectivity index (χ3n) is 5.43. The highest BCUT2D eigenvalue weighted by molar-refractivity contribution is 7.00. The number of anilines is 1. The van der Waals surface area contributed by atoms with Crippen LogP contribution in [0.1, 0.15) is 24.1 Å². The van der Waals surface area contributed by atoms with Gasteiger partial charge in [-0.15, -0.1) is 0 Å². The lowest BCUT2D eigenvalue weighted by Crippen LogP contribution is -2.43. The molecule has 0 aliphatic carbocycles. The lowest BCUT2D eigenvalue weighted by molar-refractivity contribution is -0.122. The average molecular weight is 422 g/mol. The molecule has 5 rings (SSSR count). The highest BCUT2D eigenvalue weighted by Crippen LogP contribution is 2.26. The van der Waals surface area contributed by atoms with Crippen LogP contribution in [0.2, 0.25) is 0 Å². The van der Waals surface area contributed by atoms with Crippen molar-refractivity contribution < 1.29 is 9.18 Å². The molecule has 9 heteroatoms. The molecular formula is C21H19FN6OS. The molecule has 30 heavy (non-hydrogen) atoms. The van der Waals surface area contributed by atoms with E-state index in [1.807, 2.05) is 30.0 Å². The van der Waals surface area contributed by atoms with E-state index in [0.29, 0.717) is 35.6 Å². The molecule has 0 bridgehead atoms. The Balaban J connectivity index is 1.34. The van der Waals surface area contributed by atoms with Gasteiger partial charge in [-0.1, -0.05) is 6.07 Å². The fourth-order valence-electron chi connectivity index (χ4n) is 3.89. The first-order valence-electron chi connectivity index (χ1n) is 9.78. The van der Waals surface area contributed by atoms with Gasteiger partial charge in [0.2, 0.25) is 11.9 Å². The second-order valence-corrected chi connectivity index (χ2v) is 7.96. The summed E-state index contributed by atoms with van der Waals surface area (Å²) in [7, 11) is 0. The number of nitrogens with one attached hydrogen (secondary N) is 1. The molecule has 152 valence electrons. The van der Waals surface area contributed by atoms with Crippen molar-refractivity contribution in [2.75, 3.05) is 11.4 Å². The van der Waals surface area contributed by atoms with Gasteiger partial charge >= 0.3 is 0 Å². The van der Waals surface area contributed by atoms with Gasteiger partial charge in [0.1, 0.15) is 22.9 Å². The molecule has 3 heterocycles. The molecule has 0 spiro atoms. The zero-order chi connectivity index (χ0) is 20.7. The summed E-state index contributed by atoms with van der Waals surface area (Å²) in [6.07, 6.45) is 1.63. The second kappa shape index (κ2) is 7.56. The third kappa shape index (κ3) is 3.45. The van der Waals surface area contributed by atoms with E-state index in [4.69, 9.17) is 0 Å². The quantitative estimate of drug-likeness (QED) is 0.543. The van der Waals surface area contributed by atoms with Crippen LogP contribution in [0.5, 0.6) is 0 Å². The van der Waals surface area contributed by atoms with Gasteiger partial charge in [0.05, 0.1) is 22.9 Å².